The van der Waals surface area contributed by atoms with Gasteiger partial charge in [0.25, 0.3) is 0 Å². The van der Waals surface area contributed by atoms with Crippen molar-refractivity contribution in [3.8, 4) is 11.5 Å². The lowest BCUT2D eigenvalue weighted by atomic mass is 10.1. The second-order valence-corrected chi connectivity index (χ2v) is 8.57. The number of carbonyl (C=O) groups excluding carboxylic acids is 1. The molecule has 0 bridgehead atoms. The average Bonchev–Trinajstić information content (AvgIpc) is 3.23. The van der Waals surface area contributed by atoms with Gasteiger partial charge in [-0.15, -0.1) is 10.2 Å². The lowest BCUT2D eigenvalue weighted by Gasteiger charge is -2.19. The fourth-order valence-corrected chi connectivity index (χ4v) is 4.11. The lowest BCUT2D eigenvalue weighted by Crippen LogP contribution is -2.16. The van der Waals surface area contributed by atoms with Gasteiger partial charge in [-0.25, -0.2) is 0 Å². The number of methoxy groups -OCH3 is 1. The quantitative estimate of drug-likeness (QED) is 0.419. The number of amides is 1. The molecule has 1 heterocycles. The van der Waals surface area contributed by atoms with Crippen molar-refractivity contribution in [2.45, 2.75) is 51.4 Å². The SMILES string of the molecule is CCc1ccc(NC(=O)CSc2nnc(C(C)Oc3cccc(OC)c3)n2C(C)C)cc1. The largest absolute Gasteiger partial charge is 0.497 e. The van der Waals surface area contributed by atoms with Crippen molar-refractivity contribution >= 4 is 23.4 Å². The van der Waals surface area contributed by atoms with Gasteiger partial charge in [-0.2, -0.15) is 0 Å². The molecule has 0 spiro atoms. The van der Waals surface area contributed by atoms with E-state index in [-0.39, 0.29) is 23.8 Å². The minimum absolute atomic E-state index is 0.0835. The Kier molecular flexibility index (Phi) is 8.16. The van der Waals surface area contributed by atoms with Crippen molar-refractivity contribution in [2.75, 3.05) is 18.2 Å². The van der Waals surface area contributed by atoms with E-state index in [2.05, 4.69) is 36.3 Å². The fraction of sp³-hybridized carbons (Fsp3) is 0.375. The third kappa shape index (κ3) is 6.03. The van der Waals surface area contributed by atoms with E-state index in [1.165, 1.54) is 17.3 Å². The highest BCUT2D eigenvalue weighted by Crippen LogP contribution is 2.29. The standard InChI is InChI=1S/C24H30N4O3S/c1-6-18-10-12-19(13-11-18)25-22(29)15-32-24-27-26-23(28(24)16(2)3)17(4)31-21-9-7-8-20(14-21)30-5/h7-14,16-17H,6,15H2,1-5H3,(H,25,29). The number of anilines is 1. The molecule has 3 aromatic rings. The first-order valence-electron chi connectivity index (χ1n) is 10.7. The first-order chi connectivity index (χ1) is 15.4. The number of thioether (sulfide) groups is 1. The van der Waals surface area contributed by atoms with Crippen molar-refractivity contribution in [3.63, 3.8) is 0 Å². The molecule has 170 valence electrons. The van der Waals surface area contributed by atoms with Crippen molar-refractivity contribution in [1.82, 2.24) is 14.8 Å². The average molecular weight is 455 g/mol. The van der Waals surface area contributed by atoms with Gasteiger partial charge in [-0.1, -0.05) is 36.9 Å². The van der Waals surface area contributed by atoms with Crippen LogP contribution in [0.5, 0.6) is 11.5 Å². The summed E-state index contributed by atoms with van der Waals surface area (Å²) in [6.07, 6.45) is 0.647. The summed E-state index contributed by atoms with van der Waals surface area (Å²) < 4.78 is 13.4. The molecule has 0 radical (unpaired) electrons. The Hall–Kier alpha value is -3.00. The monoisotopic (exact) mass is 454 g/mol. The number of rotatable bonds is 10. The zero-order valence-corrected chi connectivity index (χ0v) is 20.0. The van der Waals surface area contributed by atoms with Crippen molar-refractivity contribution in [1.29, 1.82) is 0 Å². The summed E-state index contributed by atoms with van der Waals surface area (Å²) >= 11 is 1.36. The molecule has 8 heteroatoms. The Labute approximate surface area is 193 Å². The summed E-state index contributed by atoms with van der Waals surface area (Å²) in [7, 11) is 1.62. The van der Waals surface area contributed by atoms with Crippen LogP contribution in [0.3, 0.4) is 0 Å². The Bertz CT molecular complexity index is 1030. The third-order valence-electron chi connectivity index (χ3n) is 4.90. The number of hydrogen-bond donors (Lipinski definition) is 1. The van der Waals surface area contributed by atoms with E-state index in [4.69, 9.17) is 9.47 Å². The zero-order chi connectivity index (χ0) is 23.1. The van der Waals surface area contributed by atoms with Gasteiger partial charge in [-0.3, -0.25) is 4.79 Å². The van der Waals surface area contributed by atoms with Crippen LogP contribution in [0.1, 0.15) is 51.2 Å². The van der Waals surface area contributed by atoms with Gasteiger partial charge in [0.1, 0.15) is 11.5 Å². The third-order valence-corrected chi connectivity index (χ3v) is 5.85. The summed E-state index contributed by atoms with van der Waals surface area (Å²) in [5.74, 6) is 2.29. The molecule has 0 saturated carbocycles. The number of nitrogens with one attached hydrogen (secondary N) is 1. The molecule has 0 fully saturated rings. The second-order valence-electron chi connectivity index (χ2n) is 7.63. The molecule has 0 aliphatic heterocycles. The van der Waals surface area contributed by atoms with Crippen LogP contribution in [-0.4, -0.2) is 33.5 Å². The zero-order valence-electron chi connectivity index (χ0n) is 19.2. The first kappa shape index (κ1) is 23.7. The molecule has 3 rings (SSSR count). The predicted octanol–water partition coefficient (Wildman–Crippen LogP) is 5.30. The van der Waals surface area contributed by atoms with E-state index < -0.39 is 0 Å². The minimum atomic E-state index is -0.322. The highest BCUT2D eigenvalue weighted by molar-refractivity contribution is 7.99. The van der Waals surface area contributed by atoms with Gasteiger partial charge in [0.05, 0.1) is 12.9 Å². The Morgan fingerprint density at radius 1 is 1.09 bits per heavy atom. The van der Waals surface area contributed by atoms with Gasteiger partial charge in [0.2, 0.25) is 5.91 Å². The molecule has 0 saturated heterocycles. The van der Waals surface area contributed by atoms with Crippen LogP contribution in [0, 0.1) is 0 Å². The summed E-state index contributed by atoms with van der Waals surface area (Å²) in [5, 5.41) is 12.3. The lowest BCUT2D eigenvalue weighted by molar-refractivity contribution is -0.113. The van der Waals surface area contributed by atoms with Crippen LogP contribution in [0.15, 0.2) is 53.7 Å². The number of benzene rings is 2. The van der Waals surface area contributed by atoms with Gasteiger partial charge in [0.15, 0.2) is 17.1 Å². The van der Waals surface area contributed by atoms with Crippen molar-refractivity contribution < 1.29 is 14.3 Å². The van der Waals surface area contributed by atoms with E-state index in [1.807, 2.05) is 60.0 Å². The van der Waals surface area contributed by atoms with E-state index in [0.717, 1.165) is 17.9 Å². The molecule has 1 aromatic heterocycles. The van der Waals surface area contributed by atoms with E-state index in [1.54, 1.807) is 7.11 Å². The van der Waals surface area contributed by atoms with Gasteiger partial charge >= 0.3 is 0 Å². The van der Waals surface area contributed by atoms with Crippen LogP contribution in [0.4, 0.5) is 5.69 Å². The highest BCUT2D eigenvalue weighted by Gasteiger charge is 2.22. The maximum atomic E-state index is 12.4. The van der Waals surface area contributed by atoms with Crippen LogP contribution in [0.25, 0.3) is 0 Å². The summed E-state index contributed by atoms with van der Waals surface area (Å²) in [5.41, 5.74) is 2.03. The molecule has 1 N–H and O–H groups in total. The highest BCUT2D eigenvalue weighted by atomic mass is 32.2. The molecule has 7 nitrogen and oxygen atoms in total. The molecule has 0 aliphatic carbocycles. The van der Waals surface area contributed by atoms with Gasteiger partial charge < -0.3 is 19.4 Å². The van der Waals surface area contributed by atoms with Gasteiger partial charge in [0, 0.05) is 17.8 Å². The Morgan fingerprint density at radius 2 is 1.81 bits per heavy atom. The summed E-state index contributed by atoms with van der Waals surface area (Å²) in [6, 6.07) is 15.5. The number of ether oxygens (including phenoxy) is 2. The topological polar surface area (TPSA) is 78.3 Å². The maximum Gasteiger partial charge on any atom is 0.234 e. The molecule has 1 unspecified atom stereocenters. The molecule has 0 aliphatic rings. The van der Waals surface area contributed by atoms with Crippen LogP contribution in [0.2, 0.25) is 0 Å². The maximum absolute atomic E-state index is 12.4. The second kappa shape index (κ2) is 11.0. The van der Waals surface area contributed by atoms with Crippen molar-refractivity contribution in [3.05, 3.63) is 59.9 Å². The number of aryl methyl sites for hydroxylation is 1. The molecule has 2 aromatic carbocycles. The minimum Gasteiger partial charge on any atom is -0.497 e. The molecule has 32 heavy (non-hydrogen) atoms. The number of aromatic nitrogens is 3. The van der Waals surface area contributed by atoms with E-state index in [9.17, 15) is 4.79 Å². The fourth-order valence-electron chi connectivity index (χ4n) is 3.23. The van der Waals surface area contributed by atoms with Crippen LogP contribution < -0.4 is 14.8 Å². The molecular weight excluding hydrogens is 424 g/mol. The molecule has 1 amide bonds. The number of carbonyl (C=O) groups is 1. The Balaban J connectivity index is 1.66. The predicted molar refractivity (Wildman–Crippen MR) is 128 cm³/mol. The number of hydrogen-bond acceptors (Lipinski definition) is 6. The molecule has 1 atom stereocenters. The van der Waals surface area contributed by atoms with E-state index >= 15 is 0 Å². The van der Waals surface area contributed by atoms with Gasteiger partial charge in [-0.05, 0) is 57.0 Å². The summed E-state index contributed by atoms with van der Waals surface area (Å²) in [4.78, 5) is 12.4. The first-order valence-corrected chi connectivity index (χ1v) is 11.7. The summed E-state index contributed by atoms with van der Waals surface area (Å²) in [6.45, 7) is 8.16. The Morgan fingerprint density at radius 3 is 2.47 bits per heavy atom. The van der Waals surface area contributed by atoms with E-state index in [0.29, 0.717) is 16.7 Å². The van der Waals surface area contributed by atoms with Crippen LogP contribution in [-0.2, 0) is 11.2 Å². The van der Waals surface area contributed by atoms with Crippen LogP contribution >= 0.6 is 11.8 Å². The molecular formula is C24H30N4O3S. The smallest absolute Gasteiger partial charge is 0.234 e. The normalized spacial score (nSPS) is 11.9. The number of nitrogens with zero attached hydrogens (tertiary/aromatic N) is 3. The van der Waals surface area contributed by atoms with Crippen molar-refractivity contribution in [2.24, 2.45) is 0 Å².